The molecule has 0 fully saturated rings. The van der Waals surface area contributed by atoms with Crippen molar-refractivity contribution in [2.45, 2.75) is 72.1 Å². The molecular weight excluding hydrogens is 348 g/mol. The van der Waals surface area contributed by atoms with Gasteiger partial charge in [-0.2, -0.15) is 0 Å². The van der Waals surface area contributed by atoms with E-state index < -0.39 is 24.1 Å². The van der Waals surface area contributed by atoms with Gasteiger partial charge in [0.2, 0.25) is 11.8 Å². The molecule has 0 aromatic rings. The molecule has 27 heavy (non-hydrogen) atoms. The monoisotopic (exact) mass is 386 g/mol. The van der Waals surface area contributed by atoms with Crippen LogP contribution in [0.15, 0.2) is 0 Å². The molecule has 0 unspecified atom stereocenters. The summed E-state index contributed by atoms with van der Waals surface area (Å²) in [5.41, 5.74) is 11.3. The second-order valence-corrected chi connectivity index (χ2v) is 7.92. The van der Waals surface area contributed by atoms with E-state index >= 15 is 0 Å². The fourth-order valence-electron chi connectivity index (χ4n) is 2.95. The zero-order chi connectivity index (χ0) is 21.1. The second-order valence-electron chi connectivity index (χ2n) is 7.92. The Bertz CT molecular complexity index is 480. The van der Waals surface area contributed by atoms with E-state index in [0.717, 1.165) is 6.42 Å². The summed E-state index contributed by atoms with van der Waals surface area (Å²) in [6.45, 7) is 9.62. The lowest BCUT2D eigenvalue weighted by atomic mass is 9.93. The van der Waals surface area contributed by atoms with Gasteiger partial charge in [0.25, 0.3) is 0 Å². The second kappa shape index (κ2) is 12.8. The summed E-state index contributed by atoms with van der Waals surface area (Å²) in [4.78, 5) is 37.1. The predicted octanol–water partition coefficient (Wildman–Crippen LogP) is -0.0782. The molecule has 0 heterocycles. The number of rotatable bonds is 13. The van der Waals surface area contributed by atoms with Crippen LogP contribution in [0.2, 0.25) is 0 Å². The summed E-state index contributed by atoms with van der Waals surface area (Å²) in [5.74, 6) is -0.930. The van der Waals surface area contributed by atoms with Crippen LogP contribution in [0.5, 0.6) is 0 Å². The zero-order valence-corrected chi connectivity index (χ0v) is 17.3. The first-order chi connectivity index (χ1) is 12.5. The Morgan fingerprint density at radius 3 is 2.00 bits per heavy atom. The van der Waals surface area contributed by atoms with Crippen molar-refractivity contribution in [3.63, 3.8) is 0 Å². The third-order valence-electron chi connectivity index (χ3n) is 4.38. The van der Waals surface area contributed by atoms with Crippen molar-refractivity contribution in [3.05, 3.63) is 0 Å². The van der Waals surface area contributed by atoms with E-state index in [1.54, 1.807) is 13.8 Å². The van der Waals surface area contributed by atoms with Crippen molar-refractivity contribution in [1.82, 2.24) is 10.6 Å². The van der Waals surface area contributed by atoms with Crippen LogP contribution in [0.4, 0.5) is 0 Å². The molecule has 7 N–H and O–H groups in total. The smallest absolute Gasteiger partial charge is 0.245 e. The third-order valence-corrected chi connectivity index (χ3v) is 4.38. The summed E-state index contributed by atoms with van der Waals surface area (Å²) in [6.07, 6.45) is 0.176. The minimum atomic E-state index is -1.14. The average Bonchev–Trinajstić information content (AvgIpc) is 2.56. The normalized spacial score (nSPS) is 15.9. The highest BCUT2D eigenvalue weighted by Gasteiger charge is 2.30. The fourth-order valence-corrected chi connectivity index (χ4v) is 2.95. The molecule has 8 heteroatoms. The number of amides is 2. The van der Waals surface area contributed by atoms with Gasteiger partial charge in [-0.3, -0.25) is 14.4 Å². The quantitative estimate of drug-likeness (QED) is 0.299. The van der Waals surface area contributed by atoms with E-state index in [4.69, 9.17) is 11.5 Å². The number of aliphatic hydroxyl groups is 1. The lowest BCUT2D eigenvalue weighted by molar-refractivity contribution is -0.134. The van der Waals surface area contributed by atoms with Crippen LogP contribution in [0.3, 0.4) is 0 Å². The molecule has 0 spiro atoms. The van der Waals surface area contributed by atoms with E-state index in [1.807, 2.05) is 0 Å². The van der Waals surface area contributed by atoms with Crippen molar-refractivity contribution in [2.24, 2.45) is 29.2 Å². The van der Waals surface area contributed by atoms with E-state index in [2.05, 4.69) is 24.5 Å². The summed E-state index contributed by atoms with van der Waals surface area (Å²) in [7, 11) is 0. The molecule has 0 saturated heterocycles. The molecule has 4 atom stereocenters. The van der Waals surface area contributed by atoms with E-state index in [-0.39, 0.29) is 36.5 Å². The van der Waals surface area contributed by atoms with Crippen LogP contribution >= 0.6 is 0 Å². The average molecular weight is 387 g/mol. The van der Waals surface area contributed by atoms with Crippen LogP contribution in [0.25, 0.3) is 0 Å². The largest absolute Gasteiger partial charge is 0.391 e. The third kappa shape index (κ3) is 9.83. The molecule has 8 nitrogen and oxygen atoms in total. The minimum absolute atomic E-state index is 0.00946. The number of hydrogen-bond donors (Lipinski definition) is 5. The highest BCUT2D eigenvalue weighted by Crippen LogP contribution is 2.14. The number of carbonyl (C=O) groups is 3. The van der Waals surface area contributed by atoms with Gasteiger partial charge < -0.3 is 27.2 Å². The van der Waals surface area contributed by atoms with E-state index in [9.17, 15) is 19.5 Å². The van der Waals surface area contributed by atoms with Gasteiger partial charge in [0.05, 0.1) is 12.1 Å². The van der Waals surface area contributed by atoms with Crippen molar-refractivity contribution < 1.29 is 19.5 Å². The van der Waals surface area contributed by atoms with Gasteiger partial charge in [-0.1, -0.05) is 27.7 Å². The molecule has 0 aliphatic rings. The Labute approximate surface area is 162 Å². The van der Waals surface area contributed by atoms with Gasteiger partial charge in [-0.15, -0.1) is 0 Å². The maximum Gasteiger partial charge on any atom is 0.245 e. The number of hydrogen-bond acceptors (Lipinski definition) is 6. The standard InChI is InChI=1S/C19H38N4O4/c1-11(2)8-14(10-21)9-16(25)23-17(13(5)24)19(27)22-15(6-7-20)18(26)12(3)4/h11-15,17,24H,6-10,20-21H2,1-5H3,(H,22,27)(H,23,25)/t13-,14+,15-,17-/m0/s1. The van der Waals surface area contributed by atoms with Crippen LogP contribution in [-0.4, -0.2) is 54.0 Å². The Morgan fingerprint density at radius 1 is 1.00 bits per heavy atom. The van der Waals surface area contributed by atoms with Gasteiger partial charge in [0.15, 0.2) is 5.78 Å². The molecule has 0 saturated carbocycles. The summed E-state index contributed by atoms with van der Waals surface area (Å²) in [6, 6.07) is -1.88. The lowest BCUT2D eigenvalue weighted by Gasteiger charge is -2.26. The maximum atomic E-state index is 12.6. The van der Waals surface area contributed by atoms with Gasteiger partial charge in [-0.05, 0) is 44.7 Å². The number of aliphatic hydroxyl groups excluding tert-OH is 1. The van der Waals surface area contributed by atoms with Crippen molar-refractivity contribution in [1.29, 1.82) is 0 Å². The van der Waals surface area contributed by atoms with Crippen LogP contribution in [0.1, 0.15) is 53.9 Å². The molecule has 0 rings (SSSR count). The Morgan fingerprint density at radius 2 is 1.59 bits per heavy atom. The van der Waals surface area contributed by atoms with Crippen molar-refractivity contribution in [2.75, 3.05) is 13.1 Å². The minimum Gasteiger partial charge on any atom is -0.391 e. The van der Waals surface area contributed by atoms with Gasteiger partial charge in [-0.25, -0.2) is 0 Å². The number of carbonyl (C=O) groups excluding carboxylic acids is 3. The Kier molecular flexibility index (Phi) is 12.1. The van der Waals surface area contributed by atoms with Crippen LogP contribution in [0, 0.1) is 17.8 Å². The first-order valence-electron chi connectivity index (χ1n) is 9.75. The van der Waals surface area contributed by atoms with E-state index in [0.29, 0.717) is 18.9 Å². The highest BCUT2D eigenvalue weighted by molar-refractivity contribution is 5.93. The maximum absolute atomic E-state index is 12.6. The molecular formula is C19H38N4O4. The summed E-state index contributed by atoms with van der Waals surface area (Å²) < 4.78 is 0. The van der Waals surface area contributed by atoms with Crippen LogP contribution < -0.4 is 22.1 Å². The number of Topliss-reactive ketones (excluding diaryl/α,β-unsaturated/α-hetero) is 1. The van der Waals surface area contributed by atoms with Crippen molar-refractivity contribution in [3.8, 4) is 0 Å². The molecule has 0 aromatic carbocycles. The van der Waals surface area contributed by atoms with Gasteiger partial charge >= 0.3 is 0 Å². The molecule has 2 amide bonds. The molecule has 0 radical (unpaired) electrons. The summed E-state index contributed by atoms with van der Waals surface area (Å²) >= 11 is 0. The first kappa shape index (κ1) is 25.5. The number of ketones is 1. The summed E-state index contributed by atoms with van der Waals surface area (Å²) in [5, 5.41) is 15.1. The Hall–Kier alpha value is -1.51. The fraction of sp³-hybridized carbons (Fsp3) is 0.842. The topological polar surface area (TPSA) is 148 Å². The SMILES string of the molecule is CC(C)C[C@@H](CN)CC(=O)N[C@H](C(=O)N[C@@H](CCN)C(=O)C(C)C)[C@H](C)O. The highest BCUT2D eigenvalue weighted by atomic mass is 16.3. The van der Waals surface area contributed by atoms with Crippen LogP contribution in [-0.2, 0) is 14.4 Å². The zero-order valence-electron chi connectivity index (χ0n) is 17.3. The number of nitrogens with one attached hydrogen (secondary N) is 2. The van der Waals surface area contributed by atoms with Gasteiger partial charge in [0, 0.05) is 12.3 Å². The molecule has 0 aliphatic carbocycles. The lowest BCUT2D eigenvalue weighted by Crippen LogP contribution is -2.56. The predicted molar refractivity (Wildman–Crippen MR) is 106 cm³/mol. The van der Waals surface area contributed by atoms with Gasteiger partial charge in [0.1, 0.15) is 6.04 Å². The van der Waals surface area contributed by atoms with E-state index in [1.165, 1.54) is 6.92 Å². The molecule has 0 bridgehead atoms. The molecule has 158 valence electrons. The first-order valence-corrected chi connectivity index (χ1v) is 9.75. The van der Waals surface area contributed by atoms with Crippen molar-refractivity contribution >= 4 is 17.6 Å². The number of nitrogens with two attached hydrogens (primary N) is 2. The molecule has 0 aromatic heterocycles. The Balaban J connectivity index is 5.01. The molecule has 0 aliphatic heterocycles.